The molecule has 6 nitrogen and oxygen atoms in total. The van der Waals surface area contributed by atoms with Crippen LogP contribution in [0.2, 0.25) is 0 Å². The summed E-state index contributed by atoms with van der Waals surface area (Å²) in [6, 6.07) is 5.44. The van der Waals surface area contributed by atoms with Crippen molar-refractivity contribution in [3.05, 3.63) is 40.2 Å². The lowest BCUT2D eigenvalue weighted by molar-refractivity contribution is 0.0694. The molecule has 0 saturated heterocycles. The van der Waals surface area contributed by atoms with Crippen LogP contribution >= 0.6 is 15.9 Å². The van der Waals surface area contributed by atoms with E-state index in [-0.39, 0.29) is 17.9 Å². The van der Waals surface area contributed by atoms with Crippen LogP contribution in [0.5, 0.6) is 5.75 Å². The molecule has 2 aromatic rings. The van der Waals surface area contributed by atoms with Gasteiger partial charge in [0.25, 0.3) is 0 Å². The van der Waals surface area contributed by atoms with Gasteiger partial charge in [-0.3, -0.25) is 0 Å². The lowest BCUT2D eigenvalue weighted by atomic mass is 10.2. The van der Waals surface area contributed by atoms with Gasteiger partial charge in [-0.2, -0.15) is 0 Å². The number of carboxylic acids is 1. The maximum Gasteiger partial charge on any atom is 0.341 e. The molecule has 7 heteroatoms. The Balaban J connectivity index is 2.14. The maximum atomic E-state index is 10.9. The first-order valence-electron chi connectivity index (χ1n) is 5.36. The lowest BCUT2D eigenvalue weighted by Crippen LogP contribution is -2.05. The van der Waals surface area contributed by atoms with Gasteiger partial charge in [-0.05, 0) is 28.1 Å². The average molecular weight is 327 g/mol. The highest BCUT2D eigenvalue weighted by Gasteiger charge is 2.15. The summed E-state index contributed by atoms with van der Waals surface area (Å²) in [4.78, 5) is 10.9. The molecule has 0 spiro atoms. The quantitative estimate of drug-likeness (QED) is 0.878. The van der Waals surface area contributed by atoms with Gasteiger partial charge in [0.15, 0.2) is 5.76 Å². The number of nitrogens with zero attached hydrogens (tertiary/aromatic N) is 1. The van der Waals surface area contributed by atoms with Gasteiger partial charge in [0, 0.05) is 10.5 Å². The molecule has 0 aliphatic rings. The number of ether oxygens (including phenoxy) is 1. The van der Waals surface area contributed by atoms with Gasteiger partial charge in [0.1, 0.15) is 11.3 Å². The summed E-state index contributed by atoms with van der Waals surface area (Å²) in [5.41, 5.74) is 0.818. The number of aromatic nitrogens is 1. The molecule has 100 valence electrons. The number of carboxylic acid groups (broad SMARTS) is 1. The number of hydrogen-bond acceptors (Lipinski definition) is 5. The maximum absolute atomic E-state index is 10.9. The van der Waals surface area contributed by atoms with Crippen molar-refractivity contribution >= 4 is 27.6 Å². The molecule has 1 heterocycles. The molecule has 19 heavy (non-hydrogen) atoms. The topological polar surface area (TPSA) is 84.6 Å². The average Bonchev–Trinajstić information content (AvgIpc) is 2.86. The zero-order chi connectivity index (χ0) is 13.8. The van der Waals surface area contributed by atoms with E-state index >= 15 is 0 Å². The molecule has 0 aliphatic heterocycles. The first kappa shape index (κ1) is 13.4. The summed E-state index contributed by atoms with van der Waals surface area (Å²) in [6.45, 7) is 0.216. The molecule has 2 rings (SSSR count). The second-order valence-electron chi connectivity index (χ2n) is 3.67. The fraction of sp³-hybridized carbons (Fsp3) is 0.167. The van der Waals surface area contributed by atoms with Crippen molar-refractivity contribution in [2.45, 2.75) is 6.54 Å². The van der Waals surface area contributed by atoms with Gasteiger partial charge < -0.3 is 19.7 Å². The van der Waals surface area contributed by atoms with Crippen molar-refractivity contribution < 1.29 is 19.2 Å². The Kier molecular flexibility index (Phi) is 4.06. The Hall–Kier alpha value is -2.02. The summed E-state index contributed by atoms with van der Waals surface area (Å²) < 4.78 is 10.9. The van der Waals surface area contributed by atoms with Gasteiger partial charge in [-0.15, -0.1) is 0 Å². The summed E-state index contributed by atoms with van der Waals surface area (Å²) in [5.74, 6) is -0.105. The number of carbonyl (C=O) groups is 1. The molecule has 0 radical (unpaired) electrons. The molecular formula is C12H11BrN2O4. The number of halogens is 1. The Morgan fingerprint density at radius 2 is 2.37 bits per heavy atom. The van der Waals surface area contributed by atoms with Crippen molar-refractivity contribution in [2.75, 3.05) is 12.4 Å². The number of aromatic carboxylic acids is 1. The third-order valence-electron chi connectivity index (χ3n) is 2.49. The van der Waals surface area contributed by atoms with Crippen molar-refractivity contribution in [1.82, 2.24) is 5.16 Å². The zero-order valence-corrected chi connectivity index (χ0v) is 11.6. The fourth-order valence-electron chi connectivity index (χ4n) is 1.51. The first-order chi connectivity index (χ1) is 9.11. The Labute approximate surface area is 117 Å². The monoisotopic (exact) mass is 326 g/mol. The Bertz CT molecular complexity index is 597. The minimum atomic E-state index is -1.07. The fourth-order valence-corrected chi connectivity index (χ4v) is 1.89. The highest BCUT2D eigenvalue weighted by Crippen LogP contribution is 2.27. The van der Waals surface area contributed by atoms with Gasteiger partial charge >= 0.3 is 5.97 Å². The van der Waals surface area contributed by atoms with Crippen molar-refractivity contribution in [3.63, 3.8) is 0 Å². The molecule has 0 amide bonds. The molecule has 0 bridgehead atoms. The predicted molar refractivity (Wildman–Crippen MR) is 71.5 cm³/mol. The van der Waals surface area contributed by atoms with E-state index in [9.17, 15) is 4.79 Å². The van der Waals surface area contributed by atoms with Crippen LogP contribution in [0, 0.1) is 0 Å². The van der Waals surface area contributed by atoms with E-state index in [0.29, 0.717) is 5.75 Å². The van der Waals surface area contributed by atoms with Gasteiger partial charge in [0.05, 0.1) is 25.5 Å². The summed E-state index contributed by atoms with van der Waals surface area (Å²) in [7, 11) is 1.58. The van der Waals surface area contributed by atoms with Crippen LogP contribution < -0.4 is 10.1 Å². The highest BCUT2D eigenvalue weighted by molar-refractivity contribution is 9.10. The molecular weight excluding hydrogens is 316 g/mol. The van der Waals surface area contributed by atoms with E-state index in [1.165, 1.54) is 6.20 Å². The molecule has 0 aliphatic carbocycles. The van der Waals surface area contributed by atoms with Crippen molar-refractivity contribution in [1.29, 1.82) is 0 Å². The molecule has 1 aromatic heterocycles. The summed E-state index contributed by atoms with van der Waals surface area (Å²) in [5, 5.41) is 15.5. The van der Waals surface area contributed by atoms with E-state index in [1.54, 1.807) is 13.2 Å². The standard InChI is InChI=1S/C12H11BrN2O4/c1-18-7-2-3-9(13)10(4-7)14-6-11-8(12(16)17)5-15-19-11/h2-5,14H,6H2,1H3,(H,16,17). The second kappa shape index (κ2) is 5.75. The van der Waals surface area contributed by atoms with Crippen LogP contribution in [0.3, 0.4) is 0 Å². The Morgan fingerprint density at radius 3 is 3.05 bits per heavy atom. The molecule has 0 unspecified atom stereocenters. The Morgan fingerprint density at radius 1 is 1.58 bits per heavy atom. The first-order valence-corrected chi connectivity index (χ1v) is 6.15. The smallest absolute Gasteiger partial charge is 0.341 e. The van der Waals surface area contributed by atoms with Gasteiger partial charge in [0.2, 0.25) is 0 Å². The SMILES string of the molecule is COc1ccc(Br)c(NCc2oncc2C(=O)O)c1. The van der Waals surface area contributed by atoms with E-state index in [4.69, 9.17) is 14.4 Å². The largest absolute Gasteiger partial charge is 0.497 e. The molecule has 0 saturated carbocycles. The molecule has 2 N–H and O–H groups in total. The van der Waals surface area contributed by atoms with Crippen molar-refractivity contribution in [2.24, 2.45) is 0 Å². The number of methoxy groups -OCH3 is 1. The molecule has 1 aromatic carbocycles. The number of nitrogens with one attached hydrogen (secondary N) is 1. The lowest BCUT2D eigenvalue weighted by Gasteiger charge is -2.09. The van der Waals surface area contributed by atoms with Crippen molar-refractivity contribution in [3.8, 4) is 5.75 Å². The van der Waals surface area contributed by atoms with Crippen LogP contribution in [-0.2, 0) is 6.54 Å². The second-order valence-corrected chi connectivity index (χ2v) is 4.52. The van der Waals surface area contributed by atoms with Gasteiger partial charge in [-0.25, -0.2) is 4.79 Å². The van der Waals surface area contributed by atoms with E-state index in [1.807, 2.05) is 12.1 Å². The predicted octanol–water partition coefficient (Wildman–Crippen LogP) is 2.76. The van der Waals surface area contributed by atoms with Gasteiger partial charge in [-0.1, -0.05) is 5.16 Å². The minimum absolute atomic E-state index is 0.0477. The zero-order valence-electron chi connectivity index (χ0n) is 10.0. The van der Waals surface area contributed by atoms with Crippen LogP contribution in [0.15, 0.2) is 33.4 Å². The normalized spacial score (nSPS) is 10.2. The highest BCUT2D eigenvalue weighted by atomic mass is 79.9. The van der Waals surface area contributed by atoms with Crippen LogP contribution in [0.1, 0.15) is 16.1 Å². The minimum Gasteiger partial charge on any atom is -0.497 e. The van der Waals surface area contributed by atoms with Crippen LogP contribution in [0.25, 0.3) is 0 Å². The van der Waals surface area contributed by atoms with Crippen LogP contribution in [-0.4, -0.2) is 23.3 Å². The number of anilines is 1. The summed E-state index contributed by atoms with van der Waals surface area (Å²) in [6.07, 6.45) is 1.18. The van der Waals surface area contributed by atoms with E-state index < -0.39 is 5.97 Å². The number of hydrogen-bond donors (Lipinski definition) is 2. The third kappa shape index (κ3) is 3.05. The summed E-state index contributed by atoms with van der Waals surface area (Å²) >= 11 is 3.39. The molecule has 0 atom stereocenters. The number of rotatable bonds is 5. The number of benzene rings is 1. The molecule has 0 fully saturated rings. The van der Waals surface area contributed by atoms with Crippen LogP contribution in [0.4, 0.5) is 5.69 Å². The van der Waals surface area contributed by atoms with E-state index in [0.717, 1.165) is 10.2 Å². The third-order valence-corrected chi connectivity index (χ3v) is 3.18. The van der Waals surface area contributed by atoms with E-state index in [2.05, 4.69) is 26.4 Å².